The molecular formula is C15H9ClFNO4S. The van der Waals surface area contributed by atoms with E-state index in [0.717, 1.165) is 18.2 Å². The summed E-state index contributed by atoms with van der Waals surface area (Å²) < 4.78 is 39.6. The minimum atomic E-state index is -4.17. The van der Waals surface area contributed by atoms with Crippen molar-refractivity contribution in [2.45, 2.75) is 4.90 Å². The summed E-state index contributed by atoms with van der Waals surface area (Å²) in [5.41, 5.74) is -0.390. The fraction of sp³-hybridized carbons (Fsp3) is 0. The van der Waals surface area contributed by atoms with Crippen molar-refractivity contribution < 1.29 is 22.7 Å². The van der Waals surface area contributed by atoms with Gasteiger partial charge < -0.3 is 5.11 Å². The van der Waals surface area contributed by atoms with Crippen LogP contribution in [0, 0.1) is 5.82 Å². The average Bonchev–Trinajstić information content (AvgIpc) is 2.87. The molecule has 0 fully saturated rings. The molecule has 118 valence electrons. The molecule has 0 atom stereocenters. The molecule has 0 bridgehead atoms. The number of hydrogen-bond donors (Lipinski definition) is 1. The van der Waals surface area contributed by atoms with Gasteiger partial charge in [-0.05, 0) is 48.5 Å². The Morgan fingerprint density at radius 3 is 2.35 bits per heavy atom. The molecule has 3 rings (SSSR count). The van der Waals surface area contributed by atoms with E-state index in [2.05, 4.69) is 0 Å². The van der Waals surface area contributed by atoms with Gasteiger partial charge in [0.15, 0.2) is 0 Å². The van der Waals surface area contributed by atoms with E-state index in [1.165, 1.54) is 30.3 Å². The van der Waals surface area contributed by atoms with Crippen molar-refractivity contribution in [3.63, 3.8) is 0 Å². The topological polar surface area (TPSA) is 76.4 Å². The van der Waals surface area contributed by atoms with E-state index in [-0.39, 0.29) is 15.8 Å². The molecule has 0 spiro atoms. The normalized spacial score (nSPS) is 11.7. The maximum atomic E-state index is 13.3. The van der Waals surface area contributed by atoms with Gasteiger partial charge in [-0.1, -0.05) is 11.6 Å². The number of aromatic carboxylic acids is 1. The third kappa shape index (κ3) is 2.58. The monoisotopic (exact) mass is 353 g/mol. The fourth-order valence-electron chi connectivity index (χ4n) is 2.28. The SMILES string of the molecule is O=C(O)c1cc2cc(F)ccc2n1S(=O)(=O)c1ccc(Cl)cc1. The molecule has 0 aliphatic heterocycles. The molecule has 8 heteroatoms. The van der Waals surface area contributed by atoms with E-state index in [1.807, 2.05) is 0 Å². The fourth-order valence-corrected chi connectivity index (χ4v) is 3.91. The van der Waals surface area contributed by atoms with Crippen LogP contribution in [0.5, 0.6) is 0 Å². The molecule has 1 aromatic heterocycles. The van der Waals surface area contributed by atoms with Gasteiger partial charge in [-0.2, -0.15) is 0 Å². The molecular weight excluding hydrogens is 345 g/mol. The van der Waals surface area contributed by atoms with Crippen LogP contribution in [0.15, 0.2) is 53.4 Å². The lowest BCUT2D eigenvalue weighted by molar-refractivity contribution is 0.0689. The number of hydrogen-bond acceptors (Lipinski definition) is 3. The van der Waals surface area contributed by atoms with Gasteiger partial charge in [-0.3, -0.25) is 0 Å². The van der Waals surface area contributed by atoms with Gasteiger partial charge in [0.2, 0.25) is 0 Å². The molecule has 2 aromatic carbocycles. The van der Waals surface area contributed by atoms with E-state index in [1.54, 1.807) is 0 Å². The molecule has 0 aliphatic rings. The number of carbonyl (C=O) groups is 1. The molecule has 0 unspecified atom stereocenters. The molecule has 3 aromatic rings. The largest absolute Gasteiger partial charge is 0.477 e. The summed E-state index contributed by atoms with van der Waals surface area (Å²) in [6.45, 7) is 0. The number of aromatic nitrogens is 1. The van der Waals surface area contributed by atoms with Crippen LogP contribution in [0.3, 0.4) is 0 Å². The van der Waals surface area contributed by atoms with Crippen LogP contribution in [-0.4, -0.2) is 23.5 Å². The number of halogens is 2. The molecule has 0 saturated carbocycles. The Kier molecular flexibility index (Phi) is 3.62. The molecule has 0 aliphatic carbocycles. The van der Waals surface area contributed by atoms with E-state index >= 15 is 0 Å². The first-order valence-electron chi connectivity index (χ1n) is 6.36. The molecule has 0 radical (unpaired) electrons. The predicted octanol–water partition coefficient (Wildman–Crippen LogP) is 3.37. The highest BCUT2D eigenvalue weighted by Gasteiger charge is 2.26. The van der Waals surface area contributed by atoms with Crippen LogP contribution in [0.1, 0.15) is 10.5 Å². The van der Waals surface area contributed by atoms with E-state index in [4.69, 9.17) is 11.6 Å². The van der Waals surface area contributed by atoms with Crippen LogP contribution in [0.4, 0.5) is 4.39 Å². The summed E-state index contributed by atoms with van der Waals surface area (Å²) in [6.07, 6.45) is 0. The van der Waals surface area contributed by atoms with Crippen LogP contribution in [0.2, 0.25) is 5.02 Å². The van der Waals surface area contributed by atoms with Crippen molar-refractivity contribution in [1.29, 1.82) is 0 Å². The highest BCUT2D eigenvalue weighted by Crippen LogP contribution is 2.27. The Labute approximate surface area is 135 Å². The highest BCUT2D eigenvalue weighted by molar-refractivity contribution is 7.90. The van der Waals surface area contributed by atoms with Crippen LogP contribution in [0.25, 0.3) is 10.9 Å². The van der Waals surface area contributed by atoms with E-state index < -0.39 is 27.5 Å². The molecule has 0 amide bonds. The second-order valence-electron chi connectivity index (χ2n) is 4.76. The lowest BCUT2D eigenvalue weighted by Crippen LogP contribution is -2.18. The minimum Gasteiger partial charge on any atom is -0.477 e. The Hall–Kier alpha value is -2.38. The Morgan fingerprint density at radius 1 is 1.09 bits per heavy atom. The number of benzene rings is 2. The lowest BCUT2D eigenvalue weighted by Gasteiger charge is -2.10. The molecule has 1 N–H and O–H groups in total. The summed E-state index contributed by atoms with van der Waals surface area (Å²) in [7, 11) is -4.17. The second-order valence-corrected chi connectivity index (χ2v) is 6.98. The van der Waals surface area contributed by atoms with Gasteiger partial charge in [0.05, 0.1) is 10.4 Å². The standard InChI is InChI=1S/C15H9ClFNO4S/c16-10-1-4-12(5-2-10)23(21,22)18-13-6-3-11(17)7-9(13)8-14(18)15(19)20/h1-8H,(H,19,20). The molecule has 1 heterocycles. The van der Waals surface area contributed by atoms with Crippen molar-refractivity contribution in [2.24, 2.45) is 0 Å². The van der Waals surface area contributed by atoms with Crippen LogP contribution in [-0.2, 0) is 10.0 Å². The number of rotatable bonds is 3. The zero-order valence-electron chi connectivity index (χ0n) is 11.4. The van der Waals surface area contributed by atoms with Gasteiger partial charge >= 0.3 is 5.97 Å². The van der Waals surface area contributed by atoms with Gasteiger partial charge in [0.1, 0.15) is 11.5 Å². The van der Waals surface area contributed by atoms with Gasteiger partial charge in [-0.25, -0.2) is 21.6 Å². The summed E-state index contributed by atoms with van der Waals surface area (Å²) >= 11 is 5.74. The first kappa shape index (κ1) is 15.5. The van der Waals surface area contributed by atoms with Crippen molar-refractivity contribution in [2.75, 3.05) is 0 Å². The highest BCUT2D eigenvalue weighted by atomic mass is 35.5. The zero-order chi connectivity index (χ0) is 16.8. The van der Waals surface area contributed by atoms with Crippen LogP contribution < -0.4 is 0 Å². The lowest BCUT2D eigenvalue weighted by atomic mass is 10.2. The predicted molar refractivity (Wildman–Crippen MR) is 82.9 cm³/mol. The van der Waals surface area contributed by atoms with Gasteiger partial charge in [-0.15, -0.1) is 0 Å². The van der Waals surface area contributed by atoms with Gasteiger partial charge in [0, 0.05) is 10.4 Å². The second kappa shape index (κ2) is 5.36. The number of carboxylic acid groups (broad SMARTS) is 1. The van der Waals surface area contributed by atoms with E-state index in [0.29, 0.717) is 9.00 Å². The summed E-state index contributed by atoms with van der Waals surface area (Å²) in [4.78, 5) is 11.3. The third-order valence-corrected chi connectivity index (χ3v) is 5.28. The maximum Gasteiger partial charge on any atom is 0.353 e. The Morgan fingerprint density at radius 2 is 1.74 bits per heavy atom. The third-order valence-electron chi connectivity index (χ3n) is 3.29. The zero-order valence-corrected chi connectivity index (χ0v) is 13.0. The number of carboxylic acids is 1. The van der Waals surface area contributed by atoms with Gasteiger partial charge in [0.25, 0.3) is 10.0 Å². The quantitative estimate of drug-likeness (QED) is 0.783. The van der Waals surface area contributed by atoms with Crippen molar-refractivity contribution in [3.05, 3.63) is 65.1 Å². The first-order valence-corrected chi connectivity index (χ1v) is 8.18. The molecule has 5 nitrogen and oxygen atoms in total. The minimum absolute atomic E-state index is 0.0822. The molecule has 23 heavy (non-hydrogen) atoms. The maximum absolute atomic E-state index is 13.3. The Bertz CT molecular complexity index is 1030. The first-order chi connectivity index (χ1) is 10.8. The summed E-state index contributed by atoms with van der Waals surface area (Å²) in [5.74, 6) is -2.02. The summed E-state index contributed by atoms with van der Waals surface area (Å²) in [5, 5.41) is 9.82. The smallest absolute Gasteiger partial charge is 0.353 e. The Balaban J connectivity index is 2.35. The van der Waals surface area contributed by atoms with Crippen molar-refractivity contribution >= 4 is 38.5 Å². The van der Waals surface area contributed by atoms with Crippen molar-refractivity contribution in [1.82, 2.24) is 3.97 Å². The van der Waals surface area contributed by atoms with Crippen LogP contribution >= 0.6 is 11.6 Å². The van der Waals surface area contributed by atoms with E-state index in [9.17, 15) is 22.7 Å². The summed E-state index contributed by atoms with van der Waals surface area (Å²) in [6, 6.07) is 9.83. The average molecular weight is 354 g/mol. The van der Waals surface area contributed by atoms with Crippen molar-refractivity contribution in [3.8, 4) is 0 Å². The number of nitrogens with zero attached hydrogens (tertiary/aromatic N) is 1. The molecule has 0 saturated heterocycles. The number of fused-ring (bicyclic) bond motifs is 1.